The van der Waals surface area contributed by atoms with Gasteiger partial charge in [-0.15, -0.1) is 0 Å². The molecule has 0 rings (SSSR count). The van der Waals surface area contributed by atoms with Crippen LogP contribution in [0.5, 0.6) is 0 Å². The van der Waals surface area contributed by atoms with Crippen molar-refractivity contribution in [3.63, 3.8) is 0 Å². The van der Waals surface area contributed by atoms with Gasteiger partial charge in [-0.3, -0.25) is 4.79 Å². The molecule has 0 saturated carbocycles. The van der Waals surface area contributed by atoms with Crippen molar-refractivity contribution < 1.29 is 9.22 Å². The Morgan fingerprint density at radius 2 is 2.30 bits per heavy atom. The standard InChI is InChI=1S/C7H14O2Si/c1-4-9-10-5-7(8)6(2)3/h2,4-5,10H2,1,3H3. The normalized spacial score (nSPS) is 10.6. The Morgan fingerprint density at radius 1 is 1.70 bits per heavy atom. The first-order valence-corrected chi connectivity index (χ1v) is 5.02. The molecule has 10 heavy (non-hydrogen) atoms. The molecule has 58 valence electrons. The highest BCUT2D eigenvalue weighted by Gasteiger charge is 2.00. The average molecular weight is 158 g/mol. The van der Waals surface area contributed by atoms with E-state index in [9.17, 15) is 4.79 Å². The van der Waals surface area contributed by atoms with Crippen LogP contribution in [0.4, 0.5) is 0 Å². The molecule has 0 saturated heterocycles. The van der Waals surface area contributed by atoms with Crippen molar-refractivity contribution in [3.05, 3.63) is 12.2 Å². The third kappa shape index (κ3) is 4.46. The summed E-state index contributed by atoms with van der Waals surface area (Å²) in [5, 5.41) is 0. The Hall–Kier alpha value is -0.413. The lowest BCUT2D eigenvalue weighted by molar-refractivity contribution is -0.113. The number of rotatable bonds is 5. The number of carbonyl (C=O) groups excluding carboxylic acids is 1. The van der Waals surface area contributed by atoms with Crippen molar-refractivity contribution in [1.82, 2.24) is 0 Å². The maximum absolute atomic E-state index is 10.9. The lowest BCUT2D eigenvalue weighted by Gasteiger charge is -1.98. The van der Waals surface area contributed by atoms with E-state index in [0.717, 1.165) is 6.61 Å². The van der Waals surface area contributed by atoms with Crippen LogP contribution in [-0.2, 0) is 9.22 Å². The number of allylic oxidation sites excluding steroid dienone is 1. The highest BCUT2D eigenvalue weighted by Crippen LogP contribution is 1.94. The molecule has 3 heteroatoms. The molecular formula is C7H14O2Si. The van der Waals surface area contributed by atoms with Crippen LogP contribution in [-0.4, -0.2) is 22.2 Å². The van der Waals surface area contributed by atoms with Gasteiger partial charge in [0.2, 0.25) is 0 Å². The van der Waals surface area contributed by atoms with Gasteiger partial charge in [0.1, 0.15) is 0 Å². The van der Waals surface area contributed by atoms with Crippen LogP contribution in [0.15, 0.2) is 12.2 Å². The summed E-state index contributed by atoms with van der Waals surface area (Å²) in [4.78, 5) is 10.9. The molecule has 0 fully saturated rings. The zero-order valence-electron chi connectivity index (χ0n) is 6.64. The second kappa shape index (κ2) is 5.38. The zero-order valence-corrected chi connectivity index (χ0v) is 8.06. The van der Waals surface area contributed by atoms with Crippen molar-refractivity contribution in [2.24, 2.45) is 0 Å². The largest absolute Gasteiger partial charge is 0.424 e. The summed E-state index contributed by atoms with van der Waals surface area (Å²) in [6.45, 7) is 7.96. The number of hydrogen-bond donors (Lipinski definition) is 0. The minimum Gasteiger partial charge on any atom is -0.424 e. The van der Waals surface area contributed by atoms with Crippen molar-refractivity contribution in [3.8, 4) is 0 Å². The van der Waals surface area contributed by atoms with Crippen LogP contribution in [0.1, 0.15) is 13.8 Å². The highest BCUT2D eigenvalue weighted by atomic mass is 28.2. The zero-order chi connectivity index (χ0) is 7.98. The van der Waals surface area contributed by atoms with Crippen LogP contribution in [0, 0.1) is 0 Å². The van der Waals surface area contributed by atoms with Crippen LogP contribution >= 0.6 is 0 Å². The highest BCUT2D eigenvalue weighted by molar-refractivity contribution is 6.36. The van der Waals surface area contributed by atoms with Crippen LogP contribution < -0.4 is 0 Å². The molecule has 0 heterocycles. The van der Waals surface area contributed by atoms with E-state index in [2.05, 4.69) is 6.58 Å². The van der Waals surface area contributed by atoms with E-state index in [1.54, 1.807) is 6.92 Å². The third-order valence-corrected chi connectivity index (χ3v) is 2.51. The van der Waals surface area contributed by atoms with E-state index >= 15 is 0 Å². The molecule has 0 aromatic heterocycles. The molecule has 0 unspecified atom stereocenters. The minimum atomic E-state index is -0.589. The summed E-state index contributed by atoms with van der Waals surface area (Å²) < 4.78 is 5.13. The van der Waals surface area contributed by atoms with E-state index in [1.165, 1.54) is 0 Å². The van der Waals surface area contributed by atoms with Gasteiger partial charge in [-0.05, 0) is 19.4 Å². The second-order valence-electron chi connectivity index (χ2n) is 2.15. The van der Waals surface area contributed by atoms with Gasteiger partial charge in [0, 0.05) is 12.7 Å². The number of hydrogen-bond acceptors (Lipinski definition) is 2. The van der Waals surface area contributed by atoms with Crippen LogP contribution in [0.3, 0.4) is 0 Å². The molecule has 0 aliphatic rings. The molecule has 2 nitrogen and oxygen atoms in total. The van der Waals surface area contributed by atoms with E-state index in [0.29, 0.717) is 11.6 Å². The van der Waals surface area contributed by atoms with E-state index < -0.39 is 9.76 Å². The molecule has 0 spiro atoms. The van der Waals surface area contributed by atoms with Gasteiger partial charge in [-0.2, -0.15) is 0 Å². The Morgan fingerprint density at radius 3 is 2.70 bits per heavy atom. The topological polar surface area (TPSA) is 26.3 Å². The number of carbonyl (C=O) groups is 1. The van der Waals surface area contributed by atoms with Crippen LogP contribution in [0.2, 0.25) is 6.04 Å². The van der Waals surface area contributed by atoms with Crippen LogP contribution in [0.25, 0.3) is 0 Å². The van der Waals surface area contributed by atoms with Gasteiger partial charge in [-0.25, -0.2) is 0 Å². The summed E-state index contributed by atoms with van der Waals surface area (Å²) in [7, 11) is -0.589. The lowest BCUT2D eigenvalue weighted by atomic mass is 10.2. The molecule has 0 bridgehead atoms. The quantitative estimate of drug-likeness (QED) is 0.334. The molecule has 0 aliphatic carbocycles. The smallest absolute Gasteiger partial charge is 0.169 e. The molecule has 0 aromatic carbocycles. The first kappa shape index (κ1) is 9.59. The van der Waals surface area contributed by atoms with E-state index in [-0.39, 0.29) is 5.78 Å². The fourth-order valence-electron chi connectivity index (χ4n) is 0.523. The molecule has 0 aliphatic heterocycles. The summed E-state index contributed by atoms with van der Waals surface area (Å²) in [6.07, 6.45) is 0. The van der Waals surface area contributed by atoms with Crippen molar-refractivity contribution in [2.45, 2.75) is 19.9 Å². The molecule has 0 N–H and O–H groups in total. The fourth-order valence-corrected chi connectivity index (χ4v) is 1.57. The summed E-state index contributed by atoms with van der Waals surface area (Å²) in [6, 6.07) is 0.600. The predicted molar refractivity (Wildman–Crippen MR) is 44.8 cm³/mol. The lowest BCUT2D eigenvalue weighted by Crippen LogP contribution is -2.06. The van der Waals surface area contributed by atoms with Gasteiger partial charge in [0.15, 0.2) is 15.5 Å². The van der Waals surface area contributed by atoms with Crippen molar-refractivity contribution in [2.75, 3.05) is 6.61 Å². The first-order valence-electron chi connectivity index (χ1n) is 3.45. The maximum atomic E-state index is 10.9. The van der Waals surface area contributed by atoms with E-state index in [4.69, 9.17) is 4.43 Å². The van der Waals surface area contributed by atoms with Crippen molar-refractivity contribution >= 4 is 15.5 Å². The van der Waals surface area contributed by atoms with Crippen molar-refractivity contribution in [1.29, 1.82) is 0 Å². The van der Waals surface area contributed by atoms with Gasteiger partial charge in [0.25, 0.3) is 0 Å². The Kier molecular flexibility index (Phi) is 5.16. The minimum absolute atomic E-state index is 0.153. The SMILES string of the molecule is C=C(C)C(=O)C[SiH2]OCC. The summed E-state index contributed by atoms with van der Waals surface area (Å²) in [5.41, 5.74) is 0.646. The first-order chi connectivity index (χ1) is 4.68. The monoisotopic (exact) mass is 158 g/mol. The second-order valence-corrected chi connectivity index (χ2v) is 3.47. The molecule has 0 atom stereocenters. The van der Waals surface area contributed by atoms with E-state index in [1.807, 2.05) is 6.92 Å². The molecule has 0 aromatic rings. The Bertz CT molecular complexity index is 132. The molecular weight excluding hydrogens is 144 g/mol. The number of Topliss-reactive ketones (excluding diaryl/α,β-unsaturated/α-hetero) is 1. The molecule has 0 amide bonds. The third-order valence-electron chi connectivity index (χ3n) is 1.15. The summed E-state index contributed by atoms with van der Waals surface area (Å²) >= 11 is 0. The predicted octanol–water partition coefficient (Wildman–Crippen LogP) is 0.670. The summed E-state index contributed by atoms with van der Waals surface area (Å²) in [5.74, 6) is 0.153. The maximum Gasteiger partial charge on any atom is 0.169 e. The molecule has 0 radical (unpaired) electrons. The van der Waals surface area contributed by atoms with Gasteiger partial charge >= 0.3 is 0 Å². The van der Waals surface area contributed by atoms with Gasteiger partial charge < -0.3 is 4.43 Å². The Labute approximate surface area is 64.2 Å². The fraction of sp³-hybridized carbons (Fsp3) is 0.571. The number of ketones is 1. The van der Waals surface area contributed by atoms with Gasteiger partial charge in [0.05, 0.1) is 0 Å². The van der Waals surface area contributed by atoms with Gasteiger partial charge in [-0.1, -0.05) is 6.58 Å². The Balaban J connectivity index is 3.31. The average Bonchev–Trinajstić information content (AvgIpc) is 1.88.